The molecule has 1 aromatic carbocycles. The molecule has 0 aliphatic heterocycles. The Morgan fingerprint density at radius 1 is 1.11 bits per heavy atom. The molecule has 0 spiro atoms. The summed E-state index contributed by atoms with van der Waals surface area (Å²) in [5, 5.41) is 11.6. The number of aliphatic hydroxyl groups is 1. The number of hydrogen-bond acceptors (Lipinski definition) is 3. The first-order valence-electron chi connectivity index (χ1n) is 6.14. The first-order valence-corrected chi connectivity index (χ1v) is 7.02. The molecule has 0 aliphatic carbocycles. The fourth-order valence-electron chi connectivity index (χ4n) is 1.93. The molecule has 0 saturated heterocycles. The van der Waals surface area contributed by atoms with E-state index in [0.29, 0.717) is 6.04 Å². The maximum Gasteiger partial charge on any atom is 0.0761 e. The van der Waals surface area contributed by atoms with E-state index in [0.717, 1.165) is 5.56 Å². The Morgan fingerprint density at radius 3 is 2.28 bits per heavy atom. The molecule has 18 heavy (non-hydrogen) atoms. The lowest BCUT2D eigenvalue weighted by atomic mass is 10.1. The van der Waals surface area contributed by atoms with Gasteiger partial charge in [0.05, 0.1) is 12.1 Å². The zero-order valence-corrected chi connectivity index (χ0v) is 11.8. The molecule has 2 nitrogen and oxygen atoms in total. The van der Waals surface area contributed by atoms with Crippen LogP contribution in [0.25, 0.3) is 0 Å². The van der Waals surface area contributed by atoms with Crippen molar-refractivity contribution in [3.8, 4) is 0 Å². The molecule has 1 aromatic heterocycles. The lowest BCUT2D eigenvalue weighted by molar-refractivity contribution is 0.199. The standard InChI is InChI=1S/C15H19NOS/c1-11(15-5-4-10-18-15)16(3)14-8-6-13(7-9-14)12(2)17/h4-12,17H,1-3H3/t11?,12-/m0/s1. The van der Waals surface area contributed by atoms with E-state index in [1.165, 1.54) is 10.6 Å². The third-order valence-electron chi connectivity index (χ3n) is 3.32. The van der Waals surface area contributed by atoms with E-state index in [2.05, 4.69) is 48.5 Å². The number of benzene rings is 1. The lowest BCUT2D eigenvalue weighted by Crippen LogP contribution is -2.20. The Bertz CT molecular complexity index is 476. The van der Waals surface area contributed by atoms with Crippen LogP contribution in [0.15, 0.2) is 41.8 Å². The highest BCUT2D eigenvalue weighted by atomic mass is 32.1. The van der Waals surface area contributed by atoms with Crippen molar-refractivity contribution in [2.75, 3.05) is 11.9 Å². The van der Waals surface area contributed by atoms with Crippen LogP contribution in [0.5, 0.6) is 0 Å². The summed E-state index contributed by atoms with van der Waals surface area (Å²) in [5.41, 5.74) is 2.12. The molecular formula is C15H19NOS. The maximum absolute atomic E-state index is 9.50. The summed E-state index contributed by atoms with van der Waals surface area (Å²) in [5.74, 6) is 0. The van der Waals surface area contributed by atoms with Crippen LogP contribution in [0, 0.1) is 0 Å². The van der Waals surface area contributed by atoms with Gasteiger partial charge in [-0.1, -0.05) is 18.2 Å². The van der Waals surface area contributed by atoms with Crippen molar-refractivity contribution in [2.45, 2.75) is 26.0 Å². The van der Waals surface area contributed by atoms with Gasteiger partial charge in [-0.05, 0) is 43.0 Å². The van der Waals surface area contributed by atoms with Gasteiger partial charge in [0.2, 0.25) is 0 Å². The molecule has 0 fully saturated rings. The van der Waals surface area contributed by atoms with Crippen molar-refractivity contribution in [3.63, 3.8) is 0 Å². The average molecular weight is 261 g/mol. The van der Waals surface area contributed by atoms with Gasteiger partial charge in [-0.15, -0.1) is 11.3 Å². The minimum atomic E-state index is -0.404. The topological polar surface area (TPSA) is 23.5 Å². The van der Waals surface area contributed by atoms with Crippen molar-refractivity contribution >= 4 is 17.0 Å². The minimum Gasteiger partial charge on any atom is -0.389 e. The zero-order valence-electron chi connectivity index (χ0n) is 11.0. The van der Waals surface area contributed by atoms with E-state index in [9.17, 15) is 5.11 Å². The van der Waals surface area contributed by atoms with Gasteiger partial charge in [-0.2, -0.15) is 0 Å². The van der Waals surface area contributed by atoms with E-state index < -0.39 is 6.10 Å². The summed E-state index contributed by atoms with van der Waals surface area (Å²) in [7, 11) is 2.10. The van der Waals surface area contributed by atoms with E-state index in [1.54, 1.807) is 18.3 Å². The number of rotatable bonds is 4. The molecule has 1 N–H and O–H groups in total. The molecule has 2 rings (SSSR count). The number of hydrogen-bond donors (Lipinski definition) is 1. The largest absolute Gasteiger partial charge is 0.389 e. The highest BCUT2D eigenvalue weighted by Gasteiger charge is 2.13. The van der Waals surface area contributed by atoms with Crippen molar-refractivity contribution in [1.29, 1.82) is 0 Å². The van der Waals surface area contributed by atoms with Crippen LogP contribution in [0.4, 0.5) is 5.69 Å². The summed E-state index contributed by atoms with van der Waals surface area (Å²) < 4.78 is 0. The molecule has 2 aromatic rings. The predicted molar refractivity (Wildman–Crippen MR) is 78.2 cm³/mol. The van der Waals surface area contributed by atoms with Crippen LogP contribution in [0.3, 0.4) is 0 Å². The monoisotopic (exact) mass is 261 g/mol. The second kappa shape index (κ2) is 5.55. The van der Waals surface area contributed by atoms with Crippen molar-refractivity contribution in [2.24, 2.45) is 0 Å². The van der Waals surface area contributed by atoms with E-state index in [1.807, 2.05) is 12.1 Å². The van der Waals surface area contributed by atoms with Crippen LogP contribution in [0.1, 0.15) is 36.4 Å². The molecule has 0 aliphatic rings. The summed E-state index contributed by atoms with van der Waals surface area (Å²) >= 11 is 1.78. The Hall–Kier alpha value is -1.32. The van der Waals surface area contributed by atoms with Crippen molar-refractivity contribution in [1.82, 2.24) is 0 Å². The first-order chi connectivity index (χ1) is 8.59. The van der Waals surface area contributed by atoms with Gasteiger partial charge >= 0.3 is 0 Å². The van der Waals surface area contributed by atoms with Gasteiger partial charge < -0.3 is 10.0 Å². The zero-order chi connectivity index (χ0) is 13.1. The molecule has 0 amide bonds. The van der Waals surface area contributed by atoms with Crippen molar-refractivity contribution < 1.29 is 5.11 Å². The smallest absolute Gasteiger partial charge is 0.0761 e. The van der Waals surface area contributed by atoms with Crippen LogP contribution in [-0.2, 0) is 0 Å². The molecule has 0 saturated carbocycles. The third kappa shape index (κ3) is 2.74. The second-order valence-electron chi connectivity index (χ2n) is 4.57. The van der Waals surface area contributed by atoms with E-state index in [4.69, 9.17) is 0 Å². The maximum atomic E-state index is 9.50. The SMILES string of the molecule is CC(c1cccs1)N(C)c1ccc([C@H](C)O)cc1. The molecule has 2 atom stereocenters. The molecule has 1 unspecified atom stereocenters. The van der Waals surface area contributed by atoms with Crippen molar-refractivity contribution in [3.05, 3.63) is 52.2 Å². The Kier molecular flexibility index (Phi) is 4.04. The average Bonchev–Trinajstić information content (AvgIpc) is 2.91. The van der Waals surface area contributed by atoms with E-state index >= 15 is 0 Å². The van der Waals surface area contributed by atoms with Crippen LogP contribution >= 0.6 is 11.3 Å². The third-order valence-corrected chi connectivity index (χ3v) is 4.36. The quantitative estimate of drug-likeness (QED) is 0.899. The van der Waals surface area contributed by atoms with Gasteiger partial charge in [-0.25, -0.2) is 0 Å². The first kappa shape index (κ1) is 13.1. The lowest BCUT2D eigenvalue weighted by Gasteiger charge is -2.26. The van der Waals surface area contributed by atoms with Gasteiger partial charge in [0.15, 0.2) is 0 Å². The highest BCUT2D eigenvalue weighted by molar-refractivity contribution is 7.10. The van der Waals surface area contributed by atoms with Crippen LogP contribution in [-0.4, -0.2) is 12.2 Å². The summed E-state index contributed by atoms with van der Waals surface area (Å²) in [6.45, 7) is 3.99. The summed E-state index contributed by atoms with van der Waals surface area (Å²) in [6, 6.07) is 12.7. The highest BCUT2D eigenvalue weighted by Crippen LogP contribution is 2.28. The van der Waals surface area contributed by atoms with Crippen LogP contribution in [0.2, 0.25) is 0 Å². The number of thiophene rings is 1. The fourth-order valence-corrected chi connectivity index (χ4v) is 2.76. The van der Waals surface area contributed by atoms with Gasteiger partial charge in [-0.3, -0.25) is 0 Å². The molecular weight excluding hydrogens is 242 g/mol. The summed E-state index contributed by atoms with van der Waals surface area (Å²) in [4.78, 5) is 3.61. The number of aliphatic hydroxyl groups excluding tert-OH is 1. The molecule has 96 valence electrons. The van der Waals surface area contributed by atoms with Crippen LogP contribution < -0.4 is 4.90 Å². The molecule has 1 heterocycles. The normalized spacial score (nSPS) is 14.2. The van der Waals surface area contributed by atoms with E-state index in [-0.39, 0.29) is 0 Å². The van der Waals surface area contributed by atoms with Gasteiger partial charge in [0.1, 0.15) is 0 Å². The molecule has 0 radical (unpaired) electrons. The molecule has 3 heteroatoms. The Balaban J connectivity index is 2.16. The number of nitrogens with zero attached hydrogens (tertiary/aromatic N) is 1. The second-order valence-corrected chi connectivity index (χ2v) is 5.55. The minimum absolute atomic E-state index is 0.363. The number of anilines is 1. The fraction of sp³-hybridized carbons (Fsp3) is 0.333. The Labute approximate surface area is 113 Å². The van der Waals surface area contributed by atoms with Gasteiger partial charge in [0, 0.05) is 17.6 Å². The molecule has 0 bridgehead atoms. The predicted octanol–water partition coefficient (Wildman–Crippen LogP) is 4.00. The Morgan fingerprint density at radius 2 is 1.78 bits per heavy atom. The summed E-state index contributed by atoms with van der Waals surface area (Å²) in [6.07, 6.45) is -0.404. The van der Waals surface area contributed by atoms with Gasteiger partial charge in [0.25, 0.3) is 0 Å².